The van der Waals surface area contributed by atoms with Gasteiger partial charge in [0.15, 0.2) is 29.1 Å². The topological polar surface area (TPSA) is 104 Å². The van der Waals surface area contributed by atoms with E-state index in [1.54, 1.807) is 0 Å². The zero-order valence-corrected chi connectivity index (χ0v) is 22.2. The number of aromatic amines is 1. The first-order valence-electron chi connectivity index (χ1n) is 11.0. The van der Waals surface area contributed by atoms with E-state index in [0.717, 1.165) is 4.57 Å². The number of thiocarbonyl (C=S) groups is 1. The molecule has 0 aliphatic heterocycles. The van der Waals surface area contributed by atoms with Crippen molar-refractivity contribution < 1.29 is 40.6 Å². The van der Waals surface area contributed by atoms with Gasteiger partial charge in [-0.15, -0.1) is 0 Å². The summed E-state index contributed by atoms with van der Waals surface area (Å²) >= 11 is 9.55. The lowest BCUT2D eigenvalue weighted by molar-refractivity contribution is -0.154. The van der Waals surface area contributed by atoms with Crippen LogP contribution in [-0.4, -0.2) is 57.4 Å². The fourth-order valence-electron chi connectivity index (χ4n) is 3.00. The minimum atomic E-state index is -4.43. The smallest absolute Gasteiger partial charge is 0.422 e. The normalized spacial score (nSPS) is 11.2. The highest BCUT2D eigenvalue weighted by Crippen LogP contribution is 2.22. The van der Waals surface area contributed by atoms with Gasteiger partial charge in [0, 0.05) is 0 Å². The van der Waals surface area contributed by atoms with E-state index in [4.69, 9.17) is 17.0 Å². The molecule has 216 valence electrons. The Bertz CT molecular complexity index is 1650. The number of methoxy groups -OCH3 is 1. The van der Waals surface area contributed by atoms with E-state index in [1.165, 1.54) is 61.8 Å². The summed E-state index contributed by atoms with van der Waals surface area (Å²) in [5, 5.41) is 2.15. The number of fused-ring (bicyclic) bond motifs is 1. The highest BCUT2D eigenvalue weighted by atomic mass is 32.1. The van der Waals surface area contributed by atoms with Gasteiger partial charge in [0.1, 0.15) is 11.5 Å². The van der Waals surface area contributed by atoms with Crippen molar-refractivity contribution in [3.63, 3.8) is 0 Å². The summed E-state index contributed by atoms with van der Waals surface area (Å²) in [5.41, 5.74) is 0.542. The fourth-order valence-corrected chi connectivity index (χ4v) is 3.39. The summed E-state index contributed by atoms with van der Waals surface area (Å²) in [6, 6.07) is 11.2. The molecule has 4 aromatic rings. The van der Waals surface area contributed by atoms with Crippen LogP contribution in [0.25, 0.3) is 16.9 Å². The second kappa shape index (κ2) is 13.3. The Kier molecular flexibility index (Phi) is 10.2. The third-order valence-corrected chi connectivity index (χ3v) is 5.08. The van der Waals surface area contributed by atoms with Gasteiger partial charge in [-0.3, -0.25) is 9.36 Å². The van der Waals surface area contributed by atoms with Crippen molar-refractivity contribution in [2.45, 2.75) is 12.4 Å². The molecule has 0 radical (unpaired) electrons. The van der Waals surface area contributed by atoms with Gasteiger partial charge in [0.25, 0.3) is 5.56 Å². The van der Waals surface area contributed by atoms with Crippen molar-refractivity contribution in [3.05, 3.63) is 69.9 Å². The minimum Gasteiger partial charge on any atom is -0.484 e. The molecule has 0 atom stereocenters. The molecule has 0 saturated carbocycles. The number of hydrogen-bond acceptors (Lipinski definition) is 9. The third-order valence-electron chi connectivity index (χ3n) is 4.71. The van der Waals surface area contributed by atoms with Crippen LogP contribution in [0, 0.1) is 4.77 Å². The van der Waals surface area contributed by atoms with Gasteiger partial charge in [0.2, 0.25) is 5.88 Å². The summed E-state index contributed by atoms with van der Waals surface area (Å²) in [6.45, 7) is -2.71. The Morgan fingerprint density at radius 1 is 0.951 bits per heavy atom. The lowest BCUT2D eigenvalue weighted by Gasteiger charge is -2.11. The Morgan fingerprint density at radius 3 is 1.98 bits per heavy atom. The number of hydrogen-bond donors (Lipinski definition) is 1. The van der Waals surface area contributed by atoms with Crippen molar-refractivity contribution in [2.24, 2.45) is 4.99 Å². The summed E-state index contributed by atoms with van der Waals surface area (Å²) in [4.78, 5) is 27.1. The van der Waals surface area contributed by atoms with E-state index in [9.17, 15) is 31.1 Å². The van der Waals surface area contributed by atoms with E-state index in [0.29, 0.717) is 11.4 Å². The van der Waals surface area contributed by atoms with Gasteiger partial charge in [-0.2, -0.15) is 36.3 Å². The average molecular weight is 618 g/mol. The highest BCUT2D eigenvalue weighted by Gasteiger charge is 2.29. The van der Waals surface area contributed by atoms with Gasteiger partial charge < -0.3 is 19.2 Å². The van der Waals surface area contributed by atoms with Gasteiger partial charge in [-0.25, -0.2) is 4.98 Å². The van der Waals surface area contributed by atoms with Crippen LogP contribution < -0.4 is 19.8 Å². The monoisotopic (exact) mass is 617 g/mol. The Morgan fingerprint density at radius 2 is 1.49 bits per heavy atom. The predicted octanol–water partition coefficient (Wildman–Crippen LogP) is 6.15. The molecule has 1 N–H and O–H groups in total. The maximum Gasteiger partial charge on any atom is 0.422 e. The van der Waals surface area contributed by atoms with Crippen LogP contribution in [0.4, 0.5) is 32.0 Å². The molecule has 9 nitrogen and oxygen atoms in total. The molecule has 41 heavy (non-hydrogen) atoms. The van der Waals surface area contributed by atoms with Crippen molar-refractivity contribution in [1.82, 2.24) is 19.5 Å². The molecule has 4 rings (SSSR count). The van der Waals surface area contributed by atoms with Crippen LogP contribution in [0.15, 0.2) is 64.5 Å². The van der Waals surface area contributed by atoms with Crippen molar-refractivity contribution >= 4 is 46.4 Å². The summed E-state index contributed by atoms with van der Waals surface area (Å²) in [5.74, 6) is 0.362. The Balaban J connectivity index is 0.000000263. The number of halogens is 6. The number of nitrogens with zero attached hydrogens (tertiary/aromatic N) is 4. The number of H-pyrrole nitrogens is 1. The predicted molar refractivity (Wildman–Crippen MR) is 141 cm³/mol. The molecular formula is C24H17F6N5O4S2. The number of ether oxygens (including phenoxy) is 3. The highest BCUT2D eigenvalue weighted by molar-refractivity contribution is 7.78. The second-order valence-corrected chi connectivity index (χ2v) is 8.25. The molecular weight excluding hydrogens is 600 g/mol. The molecule has 0 bridgehead atoms. The average Bonchev–Trinajstić information content (AvgIpc) is 2.91. The molecule has 0 fully saturated rings. The Labute approximate surface area is 237 Å². The van der Waals surface area contributed by atoms with Gasteiger partial charge in [0.05, 0.1) is 29.8 Å². The number of alkyl halides is 6. The van der Waals surface area contributed by atoms with Gasteiger partial charge in [-0.1, -0.05) is 0 Å². The third kappa shape index (κ3) is 9.37. The summed E-state index contributed by atoms with van der Waals surface area (Å²) in [6.07, 6.45) is -7.47. The van der Waals surface area contributed by atoms with Crippen LogP contribution in [0.2, 0.25) is 0 Å². The minimum absolute atomic E-state index is 0.0133. The maximum absolute atomic E-state index is 12.6. The SMILES string of the molecule is COc1cnc2c(=O)n(-c3ccc(OCC(F)(F)F)cc3)c(=S)[nH]c2n1.FC(F)(F)COc1ccc(N=C=S)cc1. The van der Waals surface area contributed by atoms with E-state index < -0.39 is 31.1 Å². The molecule has 17 heteroatoms. The number of nitrogens with one attached hydrogen (secondary N) is 1. The standard InChI is InChI=1S/C15H11F3N4O3S.C9H6F3NOS/c1-24-10-6-19-11-12(20-10)21-14(26)22(13(11)23)8-2-4-9(5-3-8)25-7-15(16,17)18;10-9(11,12)5-14-8-3-1-7(2-4-8)13-6-15/h2-6H,7H2,1H3,(H,20,21,26);1-4H,5H2. The van der Waals surface area contributed by atoms with Crippen molar-refractivity contribution in [1.29, 1.82) is 0 Å². The summed E-state index contributed by atoms with van der Waals surface area (Å²) in [7, 11) is 1.41. The maximum atomic E-state index is 12.6. The molecule has 0 saturated heterocycles. The zero-order chi connectivity index (χ0) is 30.2. The van der Waals surface area contributed by atoms with Crippen molar-refractivity contribution in [3.8, 4) is 23.1 Å². The van der Waals surface area contributed by atoms with Crippen LogP contribution in [-0.2, 0) is 0 Å². The largest absolute Gasteiger partial charge is 0.484 e. The first kappa shape index (κ1) is 31.2. The molecule has 0 aliphatic carbocycles. The molecule has 2 aromatic heterocycles. The number of rotatable bonds is 7. The summed E-state index contributed by atoms with van der Waals surface area (Å²) < 4.78 is 87.2. The van der Waals surface area contributed by atoms with E-state index in [-0.39, 0.29) is 33.3 Å². The number of benzene rings is 2. The van der Waals surface area contributed by atoms with Crippen LogP contribution in [0.1, 0.15) is 0 Å². The van der Waals surface area contributed by atoms with Crippen molar-refractivity contribution in [2.75, 3.05) is 20.3 Å². The van der Waals surface area contributed by atoms with Gasteiger partial charge in [-0.05, 0) is 73.0 Å². The lowest BCUT2D eigenvalue weighted by atomic mass is 10.3. The zero-order valence-electron chi connectivity index (χ0n) is 20.6. The molecule has 2 heterocycles. The van der Waals surface area contributed by atoms with Crippen LogP contribution in [0.5, 0.6) is 17.4 Å². The molecule has 2 aromatic carbocycles. The van der Waals surface area contributed by atoms with Crippen LogP contribution >= 0.6 is 24.4 Å². The van der Waals surface area contributed by atoms with Crippen LogP contribution in [0.3, 0.4) is 0 Å². The fraction of sp³-hybridized carbons (Fsp3) is 0.208. The number of isothiocyanates is 1. The van der Waals surface area contributed by atoms with E-state index in [2.05, 4.69) is 46.8 Å². The second-order valence-electron chi connectivity index (χ2n) is 7.68. The quantitative estimate of drug-likeness (QED) is 0.150. The van der Waals surface area contributed by atoms with Gasteiger partial charge >= 0.3 is 12.4 Å². The molecule has 0 unspecified atom stereocenters. The van der Waals surface area contributed by atoms with E-state index in [1.807, 2.05) is 0 Å². The Hall–Kier alpha value is -4.34. The van der Waals surface area contributed by atoms with E-state index >= 15 is 0 Å². The first-order valence-corrected chi connectivity index (χ1v) is 11.8. The number of aromatic nitrogens is 4. The molecule has 0 spiro atoms. The molecule has 0 aliphatic rings. The first-order chi connectivity index (χ1) is 19.3. The lowest BCUT2D eigenvalue weighted by Crippen LogP contribution is -2.22. The molecule has 0 amide bonds. The number of aliphatic imine (C=N–C) groups is 1.